The van der Waals surface area contributed by atoms with Gasteiger partial charge in [0.2, 0.25) is 0 Å². The molecule has 12 nitrogen and oxygen atoms in total. The first-order valence-electron chi connectivity index (χ1n) is 16.1. The van der Waals surface area contributed by atoms with Crippen LogP contribution in [0.25, 0.3) is 11.2 Å². The van der Waals surface area contributed by atoms with Gasteiger partial charge in [-0.25, -0.2) is 15.0 Å². The van der Waals surface area contributed by atoms with Crippen LogP contribution >= 0.6 is 0 Å². The highest BCUT2D eigenvalue weighted by molar-refractivity contribution is 6.84. The van der Waals surface area contributed by atoms with Gasteiger partial charge in [-0.2, -0.15) is 26.3 Å². The van der Waals surface area contributed by atoms with E-state index in [1.165, 1.54) is 24.1 Å². The fourth-order valence-corrected chi connectivity index (χ4v) is 17.9. The van der Waals surface area contributed by atoms with Gasteiger partial charge in [-0.1, -0.05) is 55.4 Å². The van der Waals surface area contributed by atoms with E-state index in [-0.39, 0.29) is 39.1 Å². The number of anilines is 1. The van der Waals surface area contributed by atoms with Crippen molar-refractivity contribution in [3.8, 4) is 0 Å². The molecule has 2 aliphatic heterocycles. The Labute approximate surface area is 282 Å². The maximum atomic E-state index is 13.4. The molecule has 278 valence electrons. The van der Waals surface area contributed by atoms with Crippen molar-refractivity contribution in [3.63, 3.8) is 0 Å². The minimum absolute atomic E-state index is 0.0456. The molecule has 2 aromatic heterocycles. The van der Waals surface area contributed by atoms with Crippen LogP contribution in [-0.4, -0.2) is 92.6 Å². The van der Waals surface area contributed by atoms with Crippen molar-refractivity contribution in [1.82, 2.24) is 19.5 Å². The highest BCUT2D eigenvalue weighted by Crippen LogP contribution is 2.50. The number of carbonyl (C=O) groups is 1. The molecule has 0 spiro atoms. The summed E-state index contributed by atoms with van der Waals surface area (Å²) >= 11 is 0. The molecule has 2 aromatic rings. The van der Waals surface area contributed by atoms with Crippen molar-refractivity contribution in [2.75, 3.05) is 19.1 Å². The van der Waals surface area contributed by atoms with E-state index >= 15 is 0 Å². The van der Waals surface area contributed by atoms with Crippen molar-refractivity contribution in [3.05, 3.63) is 12.7 Å². The third-order valence-electron chi connectivity index (χ3n) is 9.17. The zero-order valence-corrected chi connectivity index (χ0v) is 30.8. The molecule has 0 bridgehead atoms. The smallest absolute Gasteiger partial charge is 0.402 e. The minimum Gasteiger partial charge on any atom is -0.414 e. The van der Waals surface area contributed by atoms with E-state index in [0.717, 1.165) is 0 Å². The van der Waals surface area contributed by atoms with E-state index in [9.17, 15) is 31.1 Å². The van der Waals surface area contributed by atoms with Crippen molar-refractivity contribution in [2.24, 2.45) is 5.92 Å². The number of hydrogen-bond donors (Lipinski definition) is 1. The van der Waals surface area contributed by atoms with E-state index < -0.39 is 85.2 Å². The average Bonchev–Trinajstić information content (AvgIpc) is 3.53. The highest BCUT2D eigenvalue weighted by atomic mass is 28.5. The van der Waals surface area contributed by atoms with Gasteiger partial charge in [0.05, 0.1) is 12.9 Å². The van der Waals surface area contributed by atoms with Gasteiger partial charge in [0.1, 0.15) is 43.1 Å². The predicted molar refractivity (Wildman–Crippen MR) is 168 cm³/mol. The predicted octanol–water partition coefficient (Wildman–Crippen LogP) is 6.32. The zero-order chi connectivity index (χ0) is 36.9. The second-order valence-corrected chi connectivity index (χ2v) is 22.5. The van der Waals surface area contributed by atoms with Crippen LogP contribution in [0.2, 0.25) is 22.2 Å². The number of ether oxygens (including phenoxy) is 3. The third kappa shape index (κ3) is 7.56. The number of nitrogens with two attached hydrogens (primary N) is 1. The monoisotopic (exact) mass is 745 g/mol. The van der Waals surface area contributed by atoms with Gasteiger partial charge in [-0.05, 0) is 29.1 Å². The maximum Gasteiger partial charge on any atom is 0.402 e. The van der Waals surface area contributed by atoms with E-state index in [1.807, 2.05) is 55.4 Å². The Morgan fingerprint density at radius 3 is 1.96 bits per heavy atom. The fourth-order valence-electron chi connectivity index (χ4n) is 6.61. The topological polar surface area (TPSA) is 142 Å². The van der Waals surface area contributed by atoms with Gasteiger partial charge in [-0.3, -0.25) is 9.36 Å². The number of fused-ring (bicyclic) bond motifs is 2. The number of alkyl halides is 6. The second-order valence-electron chi connectivity index (χ2n) is 13.7. The second kappa shape index (κ2) is 14.4. The lowest BCUT2D eigenvalue weighted by Gasteiger charge is -2.52. The molecular weight excluding hydrogens is 701 g/mol. The lowest BCUT2D eigenvalue weighted by atomic mass is 10.0. The lowest BCUT2D eigenvalue weighted by Crippen LogP contribution is -2.68. The SMILES string of the molecule is CC(=O)C1O[Si](C(C)C)(C(C)C)O[Si](C(C)C)(C(C)C)O[C@H]2[C@@H](OCOCC(C(F)(F)F)C(F)(F)F)[C@@H](n3cnc4c(N)ncnc43)O[C@H]12. The summed E-state index contributed by atoms with van der Waals surface area (Å²) < 4.78 is 120. The van der Waals surface area contributed by atoms with Crippen molar-refractivity contribution >= 4 is 39.9 Å². The van der Waals surface area contributed by atoms with Crippen LogP contribution < -0.4 is 5.73 Å². The number of imidazole rings is 1. The summed E-state index contributed by atoms with van der Waals surface area (Å²) in [4.78, 5) is 25.9. The molecule has 4 rings (SSSR count). The molecule has 0 aliphatic carbocycles. The standard InChI is InChI=1S/C29H45F6N5O7Si2/c1-14(2)48(15(3)4)45-21(18(9)41)22-23(46-49(47-48,16(5)6)17(7)8)24(43-13-42-10-19(28(30,31)32)29(33,34)35)27(44-22)40-12-39-20-25(36)37-11-38-26(20)40/h11-12,14-17,19,21-24,27H,10,13H2,1-9H3,(H2,36,37,38)/t21?,22-,23-,24-,27+/m1/s1. The van der Waals surface area contributed by atoms with Crippen molar-refractivity contribution in [1.29, 1.82) is 0 Å². The number of halogens is 6. The number of nitrogen functional groups attached to an aromatic ring is 1. The molecular formula is C29H45F6N5O7Si2. The normalized spacial score (nSPS) is 26.2. The van der Waals surface area contributed by atoms with Crippen molar-refractivity contribution in [2.45, 2.75) is 127 Å². The molecule has 0 radical (unpaired) electrons. The number of aromatic nitrogens is 4. The van der Waals surface area contributed by atoms with Crippen LogP contribution in [0.3, 0.4) is 0 Å². The Hall–Kier alpha value is -2.21. The van der Waals surface area contributed by atoms with E-state index in [1.54, 1.807) is 0 Å². The minimum atomic E-state index is -5.60. The first kappa shape index (κ1) is 39.6. The number of nitrogens with zero attached hydrogens (tertiary/aromatic N) is 4. The summed E-state index contributed by atoms with van der Waals surface area (Å²) in [6.07, 6.45) is -14.8. The largest absolute Gasteiger partial charge is 0.414 e. The number of Topliss-reactive ketones (excluding diaryl/α,β-unsaturated/α-hetero) is 1. The molecule has 2 saturated heterocycles. The van der Waals surface area contributed by atoms with Crippen LogP contribution in [0, 0.1) is 5.92 Å². The zero-order valence-electron chi connectivity index (χ0n) is 28.8. The summed E-state index contributed by atoms with van der Waals surface area (Å²) in [5, 5.41) is 0. The number of rotatable bonds is 11. The molecule has 0 aromatic carbocycles. The van der Waals surface area contributed by atoms with Gasteiger partial charge < -0.3 is 32.9 Å². The molecule has 4 heterocycles. The Morgan fingerprint density at radius 2 is 1.45 bits per heavy atom. The van der Waals surface area contributed by atoms with E-state index in [2.05, 4.69) is 15.0 Å². The molecule has 1 unspecified atom stereocenters. The molecule has 2 N–H and O–H groups in total. The summed E-state index contributed by atoms with van der Waals surface area (Å²) in [5.74, 6) is -4.10. The van der Waals surface area contributed by atoms with Gasteiger partial charge >= 0.3 is 29.5 Å². The number of carbonyl (C=O) groups excluding carboxylic acids is 1. The molecule has 2 aliphatic rings. The van der Waals surface area contributed by atoms with Gasteiger partial charge in [0, 0.05) is 0 Å². The van der Waals surface area contributed by atoms with Gasteiger partial charge in [-0.15, -0.1) is 0 Å². The van der Waals surface area contributed by atoms with E-state index in [4.69, 9.17) is 32.9 Å². The van der Waals surface area contributed by atoms with Crippen molar-refractivity contribution < 1.29 is 58.3 Å². The molecule has 0 saturated carbocycles. The molecule has 49 heavy (non-hydrogen) atoms. The Morgan fingerprint density at radius 1 is 0.898 bits per heavy atom. The first-order chi connectivity index (χ1) is 22.6. The summed E-state index contributed by atoms with van der Waals surface area (Å²) in [7, 11) is -6.72. The lowest BCUT2D eigenvalue weighted by molar-refractivity contribution is -0.299. The molecule has 0 amide bonds. The van der Waals surface area contributed by atoms with Crippen LogP contribution in [0.5, 0.6) is 0 Å². The van der Waals surface area contributed by atoms with Crippen LogP contribution in [0.1, 0.15) is 68.5 Å². The highest BCUT2D eigenvalue weighted by Gasteiger charge is 2.65. The number of ketones is 1. The molecule has 20 heteroatoms. The third-order valence-corrected chi connectivity index (χ3v) is 19.4. The van der Waals surface area contributed by atoms with Crippen LogP contribution in [-0.2, 0) is 32.0 Å². The Balaban J connectivity index is 1.85. The van der Waals surface area contributed by atoms with E-state index in [0.29, 0.717) is 0 Å². The van der Waals surface area contributed by atoms with Crippen LogP contribution in [0.15, 0.2) is 12.7 Å². The summed E-state index contributed by atoms with van der Waals surface area (Å²) in [6.45, 7) is 14.3. The summed E-state index contributed by atoms with van der Waals surface area (Å²) in [5.41, 5.74) is 5.75. The van der Waals surface area contributed by atoms with Crippen LogP contribution in [0.4, 0.5) is 32.2 Å². The molecule has 5 atom stereocenters. The fraction of sp³-hybridized carbons (Fsp3) is 0.793. The maximum absolute atomic E-state index is 13.4. The Kier molecular flexibility index (Phi) is 11.7. The van der Waals surface area contributed by atoms with Gasteiger partial charge in [0.15, 0.2) is 29.4 Å². The first-order valence-corrected chi connectivity index (χ1v) is 20.0. The number of hydrogen-bond acceptors (Lipinski definition) is 11. The molecule has 2 fully saturated rings. The Bertz CT molecular complexity index is 1430. The summed E-state index contributed by atoms with van der Waals surface area (Å²) in [6, 6.07) is 0. The van der Waals surface area contributed by atoms with Gasteiger partial charge in [0.25, 0.3) is 0 Å². The quantitative estimate of drug-likeness (QED) is 0.120. The average molecular weight is 746 g/mol.